The molecule has 0 aromatic heterocycles. The van der Waals surface area contributed by atoms with E-state index in [1.807, 2.05) is 0 Å². The molecule has 0 rings (SSSR count). The molecule has 0 bridgehead atoms. The Morgan fingerprint density at radius 3 is 1.95 bits per heavy atom. The number of rotatable bonds is 7. The van der Waals surface area contributed by atoms with Crippen molar-refractivity contribution in [3.8, 4) is 0 Å². The summed E-state index contributed by atoms with van der Waals surface area (Å²) in [6, 6.07) is 0. The number of hydrogen-bond acceptors (Lipinski definition) is 5. The van der Waals surface area contributed by atoms with E-state index in [2.05, 4.69) is 6.58 Å². The average molecular weight is 284 g/mol. The first-order valence-corrected chi connectivity index (χ1v) is 6.52. The van der Waals surface area contributed by atoms with Crippen LogP contribution in [0, 0.1) is 5.41 Å². The number of ether oxygens (including phenoxy) is 2. The van der Waals surface area contributed by atoms with Crippen LogP contribution in [0.1, 0.15) is 47.5 Å². The molecule has 0 unspecified atom stereocenters. The first-order chi connectivity index (χ1) is 8.98. The van der Waals surface area contributed by atoms with Gasteiger partial charge in [-0.25, -0.2) is 0 Å². The summed E-state index contributed by atoms with van der Waals surface area (Å²) in [6.45, 7) is 12.0. The second-order valence-electron chi connectivity index (χ2n) is 6.20. The van der Waals surface area contributed by atoms with Crippen molar-refractivity contribution in [3.63, 3.8) is 0 Å². The molecule has 0 aromatic carbocycles. The molecule has 20 heavy (non-hydrogen) atoms. The Balaban J connectivity index is 4.11. The first kappa shape index (κ1) is 18.4. The lowest BCUT2D eigenvalue weighted by Crippen LogP contribution is -2.30. The Kier molecular flexibility index (Phi) is 6.62. The molecule has 0 aromatic rings. The van der Waals surface area contributed by atoms with Crippen molar-refractivity contribution in [2.24, 2.45) is 5.41 Å². The summed E-state index contributed by atoms with van der Waals surface area (Å²) < 4.78 is 10.1. The van der Waals surface area contributed by atoms with Crippen LogP contribution in [0.2, 0.25) is 0 Å². The largest absolute Gasteiger partial charge is 0.465 e. The van der Waals surface area contributed by atoms with Crippen LogP contribution < -0.4 is 0 Å². The van der Waals surface area contributed by atoms with E-state index >= 15 is 0 Å². The third-order valence-corrected chi connectivity index (χ3v) is 2.40. The predicted octanol–water partition coefficient (Wildman–Crippen LogP) is 2.43. The fourth-order valence-corrected chi connectivity index (χ4v) is 1.28. The lowest BCUT2D eigenvalue weighted by molar-refractivity contribution is -0.159. The van der Waals surface area contributed by atoms with Crippen LogP contribution in [0.25, 0.3) is 0 Å². The standard InChI is InChI=1S/C15H24O5/c1-7-11(16)15(5,6)10-19-12(17)8-9-13(18)20-14(2,3)4/h7H,1,8-10H2,2-6H3. The summed E-state index contributed by atoms with van der Waals surface area (Å²) in [5, 5.41) is 0. The fourth-order valence-electron chi connectivity index (χ4n) is 1.28. The van der Waals surface area contributed by atoms with Gasteiger partial charge in [-0.15, -0.1) is 0 Å². The molecule has 0 radical (unpaired) electrons. The van der Waals surface area contributed by atoms with Crippen molar-refractivity contribution in [3.05, 3.63) is 12.7 Å². The Morgan fingerprint density at radius 2 is 1.50 bits per heavy atom. The molecule has 5 nitrogen and oxygen atoms in total. The molecule has 5 heteroatoms. The molecule has 0 saturated carbocycles. The summed E-state index contributed by atoms with van der Waals surface area (Å²) in [7, 11) is 0. The highest BCUT2D eigenvalue weighted by atomic mass is 16.6. The topological polar surface area (TPSA) is 69.7 Å². The van der Waals surface area contributed by atoms with Gasteiger partial charge in [-0.05, 0) is 40.7 Å². The van der Waals surface area contributed by atoms with E-state index in [9.17, 15) is 14.4 Å². The van der Waals surface area contributed by atoms with Crippen molar-refractivity contribution in [1.82, 2.24) is 0 Å². The lowest BCUT2D eigenvalue weighted by atomic mass is 9.89. The molecule has 0 atom stereocenters. The molecule has 0 fully saturated rings. The van der Waals surface area contributed by atoms with Gasteiger partial charge >= 0.3 is 11.9 Å². The Labute approximate surface area is 120 Å². The third-order valence-electron chi connectivity index (χ3n) is 2.40. The van der Waals surface area contributed by atoms with Crippen LogP contribution in [0.3, 0.4) is 0 Å². The highest BCUT2D eigenvalue weighted by Crippen LogP contribution is 2.18. The van der Waals surface area contributed by atoms with Gasteiger partial charge in [0.15, 0.2) is 5.78 Å². The minimum atomic E-state index is -0.802. The molecule has 0 amide bonds. The van der Waals surface area contributed by atoms with Gasteiger partial charge < -0.3 is 9.47 Å². The van der Waals surface area contributed by atoms with Crippen LogP contribution in [0.4, 0.5) is 0 Å². The zero-order valence-electron chi connectivity index (χ0n) is 12.9. The second-order valence-corrected chi connectivity index (χ2v) is 6.20. The van der Waals surface area contributed by atoms with Crippen LogP contribution in [0.5, 0.6) is 0 Å². The van der Waals surface area contributed by atoms with E-state index < -0.39 is 23.0 Å². The van der Waals surface area contributed by atoms with Gasteiger partial charge in [-0.3, -0.25) is 14.4 Å². The molecular formula is C15H24O5. The average Bonchev–Trinajstić information content (AvgIpc) is 2.30. The monoisotopic (exact) mass is 284 g/mol. The normalized spacial score (nSPS) is 11.7. The zero-order valence-corrected chi connectivity index (χ0v) is 12.9. The Hall–Kier alpha value is -1.65. The molecule has 0 heterocycles. The van der Waals surface area contributed by atoms with E-state index in [0.717, 1.165) is 0 Å². The molecular weight excluding hydrogens is 260 g/mol. The summed E-state index contributed by atoms with van der Waals surface area (Å²) >= 11 is 0. The van der Waals surface area contributed by atoms with Gasteiger partial charge in [0.05, 0.1) is 18.3 Å². The highest BCUT2D eigenvalue weighted by Gasteiger charge is 2.27. The summed E-state index contributed by atoms with van der Waals surface area (Å²) in [5.74, 6) is -1.17. The van der Waals surface area contributed by atoms with Gasteiger partial charge in [0.2, 0.25) is 0 Å². The van der Waals surface area contributed by atoms with Gasteiger partial charge in [-0.1, -0.05) is 6.58 Å². The summed E-state index contributed by atoms with van der Waals surface area (Å²) in [4.78, 5) is 34.4. The minimum Gasteiger partial charge on any atom is -0.465 e. The molecule has 0 aliphatic rings. The number of esters is 2. The van der Waals surface area contributed by atoms with Crippen molar-refractivity contribution in [2.75, 3.05) is 6.61 Å². The second kappa shape index (κ2) is 7.22. The quantitative estimate of drug-likeness (QED) is 0.530. The number of carbonyl (C=O) groups excluding carboxylic acids is 3. The SMILES string of the molecule is C=CC(=O)C(C)(C)COC(=O)CCC(=O)OC(C)(C)C. The Bertz CT molecular complexity index is 388. The van der Waals surface area contributed by atoms with Gasteiger partial charge in [0.1, 0.15) is 12.2 Å². The fraction of sp³-hybridized carbons (Fsp3) is 0.667. The van der Waals surface area contributed by atoms with Crippen LogP contribution in [-0.4, -0.2) is 29.9 Å². The zero-order chi connectivity index (χ0) is 16.0. The number of hydrogen-bond donors (Lipinski definition) is 0. The van der Waals surface area contributed by atoms with E-state index in [-0.39, 0.29) is 25.2 Å². The summed E-state index contributed by atoms with van der Waals surface area (Å²) in [5.41, 5.74) is -1.37. The maximum absolute atomic E-state index is 11.5. The minimum absolute atomic E-state index is 0.0358. The third kappa shape index (κ3) is 7.71. The van der Waals surface area contributed by atoms with E-state index in [1.165, 1.54) is 6.08 Å². The predicted molar refractivity (Wildman–Crippen MR) is 75.0 cm³/mol. The number of allylic oxidation sites excluding steroid dienone is 1. The molecule has 0 saturated heterocycles. The maximum Gasteiger partial charge on any atom is 0.306 e. The first-order valence-electron chi connectivity index (χ1n) is 6.52. The van der Waals surface area contributed by atoms with Crippen LogP contribution in [0.15, 0.2) is 12.7 Å². The van der Waals surface area contributed by atoms with E-state index in [0.29, 0.717) is 0 Å². The van der Waals surface area contributed by atoms with E-state index in [1.54, 1.807) is 34.6 Å². The maximum atomic E-state index is 11.5. The number of carbonyl (C=O) groups is 3. The highest BCUT2D eigenvalue weighted by molar-refractivity contribution is 5.94. The Morgan fingerprint density at radius 1 is 1.00 bits per heavy atom. The molecule has 0 aliphatic carbocycles. The van der Waals surface area contributed by atoms with Gasteiger partial charge in [-0.2, -0.15) is 0 Å². The van der Waals surface area contributed by atoms with Crippen molar-refractivity contribution < 1.29 is 23.9 Å². The van der Waals surface area contributed by atoms with E-state index in [4.69, 9.17) is 9.47 Å². The molecule has 114 valence electrons. The smallest absolute Gasteiger partial charge is 0.306 e. The molecule has 0 N–H and O–H groups in total. The van der Waals surface area contributed by atoms with Crippen LogP contribution >= 0.6 is 0 Å². The van der Waals surface area contributed by atoms with Crippen molar-refractivity contribution in [2.45, 2.75) is 53.1 Å². The van der Waals surface area contributed by atoms with Gasteiger partial charge in [0, 0.05) is 0 Å². The van der Waals surface area contributed by atoms with Gasteiger partial charge in [0.25, 0.3) is 0 Å². The number of ketones is 1. The summed E-state index contributed by atoms with van der Waals surface area (Å²) in [6.07, 6.45) is 1.10. The molecule has 0 aliphatic heterocycles. The van der Waals surface area contributed by atoms with Crippen molar-refractivity contribution in [1.29, 1.82) is 0 Å². The molecule has 0 spiro atoms. The lowest BCUT2D eigenvalue weighted by Gasteiger charge is -2.21. The van der Waals surface area contributed by atoms with Crippen molar-refractivity contribution >= 4 is 17.7 Å². The van der Waals surface area contributed by atoms with Crippen LogP contribution in [-0.2, 0) is 23.9 Å².